The van der Waals surface area contributed by atoms with Gasteiger partial charge in [0.25, 0.3) is 0 Å². The van der Waals surface area contributed by atoms with E-state index in [9.17, 15) is 0 Å². The molecule has 3 aromatic rings. The highest BCUT2D eigenvalue weighted by Gasteiger charge is 2.39. The van der Waals surface area contributed by atoms with E-state index < -0.39 is 0 Å². The predicted octanol–water partition coefficient (Wildman–Crippen LogP) is 4.43. The van der Waals surface area contributed by atoms with Crippen LogP contribution >= 0.6 is 11.6 Å². The highest BCUT2D eigenvalue weighted by Crippen LogP contribution is 2.51. The molecule has 156 valence electrons. The van der Waals surface area contributed by atoms with E-state index in [1.807, 2.05) is 36.4 Å². The zero-order valence-electron chi connectivity index (χ0n) is 17.0. The normalized spacial score (nSPS) is 17.1. The van der Waals surface area contributed by atoms with E-state index in [0.717, 1.165) is 22.4 Å². The van der Waals surface area contributed by atoms with E-state index in [1.54, 1.807) is 34.6 Å². The second-order valence-electron chi connectivity index (χ2n) is 6.65. The Labute approximate surface area is 179 Å². The van der Waals surface area contributed by atoms with Crippen LogP contribution in [0.2, 0.25) is 5.28 Å². The van der Waals surface area contributed by atoms with Crippen LogP contribution in [0, 0.1) is 0 Å². The lowest BCUT2D eigenvalue weighted by Crippen LogP contribution is -2.12. The van der Waals surface area contributed by atoms with Crippen LogP contribution in [0.15, 0.2) is 42.6 Å². The van der Waals surface area contributed by atoms with Crippen LogP contribution in [0.3, 0.4) is 0 Å². The van der Waals surface area contributed by atoms with Gasteiger partial charge in [0.15, 0.2) is 11.5 Å². The Kier molecular flexibility index (Phi) is 5.55. The van der Waals surface area contributed by atoms with E-state index in [1.165, 1.54) is 0 Å². The van der Waals surface area contributed by atoms with E-state index in [2.05, 4.69) is 9.97 Å². The lowest BCUT2D eigenvalue weighted by Gasteiger charge is -2.22. The zero-order chi connectivity index (χ0) is 21.3. The number of ether oxygens (including phenoxy) is 5. The Hall–Kier alpha value is -3.19. The summed E-state index contributed by atoms with van der Waals surface area (Å²) in [4.78, 5) is 8.45. The summed E-state index contributed by atoms with van der Waals surface area (Å²) in [7, 11) is 6.38. The van der Waals surface area contributed by atoms with Crippen LogP contribution in [0.25, 0.3) is 0 Å². The molecule has 8 heteroatoms. The Morgan fingerprint density at radius 2 is 1.53 bits per heavy atom. The molecule has 0 N–H and O–H groups in total. The van der Waals surface area contributed by atoms with Crippen LogP contribution in [0.5, 0.6) is 28.9 Å². The van der Waals surface area contributed by atoms with Crippen LogP contribution in [0.1, 0.15) is 28.7 Å². The third kappa shape index (κ3) is 3.45. The summed E-state index contributed by atoms with van der Waals surface area (Å²) in [6.45, 7) is 0. The minimum atomic E-state index is -0.346. The van der Waals surface area contributed by atoms with Gasteiger partial charge in [0, 0.05) is 11.8 Å². The molecule has 30 heavy (non-hydrogen) atoms. The van der Waals surface area contributed by atoms with E-state index in [-0.39, 0.29) is 17.3 Å². The quantitative estimate of drug-likeness (QED) is 0.538. The molecule has 0 saturated carbocycles. The standard InChI is InChI=1S/C22H21ClN2O5/c1-26-14-7-5-12(6-8-14)19-18(15-11-24-22(23)25-21(15)30-19)13-9-16(27-2)20(29-4)17(10-13)28-3/h5-11,18-19H,1-4H3. The molecule has 0 radical (unpaired) electrons. The number of methoxy groups -OCH3 is 4. The predicted molar refractivity (Wildman–Crippen MR) is 111 cm³/mol. The van der Waals surface area contributed by atoms with Gasteiger partial charge >= 0.3 is 0 Å². The fourth-order valence-corrected chi connectivity index (χ4v) is 3.83. The molecular formula is C22H21ClN2O5. The minimum absolute atomic E-state index is 0.132. The number of hydrogen-bond acceptors (Lipinski definition) is 7. The molecule has 2 aromatic carbocycles. The van der Waals surface area contributed by atoms with Gasteiger partial charge in [-0.1, -0.05) is 12.1 Å². The van der Waals surface area contributed by atoms with Crippen molar-refractivity contribution >= 4 is 11.6 Å². The van der Waals surface area contributed by atoms with Crippen molar-refractivity contribution < 1.29 is 23.7 Å². The van der Waals surface area contributed by atoms with Crippen LogP contribution in [-0.4, -0.2) is 38.4 Å². The SMILES string of the molecule is COc1ccc(C2Oc3nc(Cl)ncc3C2c2cc(OC)c(OC)c(OC)c2)cc1. The van der Waals surface area contributed by atoms with Crippen molar-refractivity contribution in [3.8, 4) is 28.9 Å². The van der Waals surface area contributed by atoms with Gasteiger partial charge in [-0.2, -0.15) is 4.98 Å². The molecule has 0 saturated heterocycles. The topological polar surface area (TPSA) is 71.9 Å². The molecule has 7 nitrogen and oxygen atoms in total. The number of aromatic nitrogens is 2. The van der Waals surface area contributed by atoms with Crippen molar-refractivity contribution in [1.82, 2.24) is 9.97 Å². The first kappa shape index (κ1) is 20.1. The third-order valence-electron chi connectivity index (χ3n) is 5.12. The van der Waals surface area contributed by atoms with Gasteiger partial charge in [-0.3, -0.25) is 0 Å². The lowest BCUT2D eigenvalue weighted by molar-refractivity contribution is 0.214. The zero-order valence-corrected chi connectivity index (χ0v) is 17.8. The second kappa shape index (κ2) is 8.28. The average molecular weight is 429 g/mol. The Morgan fingerprint density at radius 3 is 2.10 bits per heavy atom. The molecular weight excluding hydrogens is 408 g/mol. The molecule has 4 rings (SSSR count). The number of benzene rings is 2. The summed E-state index contributed by atoms with van der Waals surface area (Å²) in [6, 6.07) is 11.6. The Morgan fingerprint density at radius 1 is 0.867 bits per heavy atom. The molecule has 0 spiro atoms. The molecule has 1 aliphatic rings. The van der Waals surface area contributed by atoms with Gasteiger partial charge < -0.3 is 23.7 Å². The van der Waals surface area contributed by atoms with Gasteiger partial charge in [-0.05, 0) is 47.0 Å². The van der Waals surface area contributed by atoms with Gasteiger partial charge in [-0.25, -0.2) is 4.98 Å². The summed E-state index contributed by atoms with van der Waals surface area (Å²) >= 11 is 6.01. The molecule has 0 aliphatic carbocycles. The summed E-state index contributed by atoms with van der Waals surface area (Å²) in [6.07, 6.45) is 1.35. The number of halogens is 1. The Bertz CT molecular complexity index is 1030. The molecule has 0 fully saturated rings. The van der Waals surface area contributed by atoms with Gasteiger partial charge in [0.05, 0.1) is 34.4 Å². The van der Waals surface area contributed by atoms with Crippen LogP contribution < -0.4 is 23.7 Å². The first-order valence-electron chi connectivity index (χ1n) is 9.22. The summed E-state index contributed by atoms with van der Waals surface area (Å²) < 4.78 is 28.1. The maximum Gasteiger partial charge on any atom is 0.225 e. The highest BCUT2D eigenvalue weighted by atomic mass is 35.5. The fraction of sp³-hybridized carbons (Fsp3) is 0.273. The van der Waals surface area contributed by atoms with Crippen LogP contribution in [0.4, 0.5) is 0 Å². The van der Waals surface area contributed by atoms with Gasteiger partial charge in [0.1, 0.15) is 11.9 Å². The van der Waals surface area contributed by atoms with Crippen molar-refractivity contribution in [2.75, 3.05) is 28.4 Å². The number of fused-ring (bicyclic) bond motifs is 1. The summed E-state index contributed by atoms with van der Waals surface area (Å²) in [5.41, 5.74) is 2.70. The highest BCUT2D eigenvalue weighted by molar-refractivity contribution is 6.28. The third-order valence-corrected chi connectivity index (χ3v) is 5.30. The van der Waals surface area contributed by atoms with Crippen molar-refractivity contribution in [3.05, 3.63) is 64.6 Å². The minimum Gasteiger partial charge on any atom is -0.497 e. The maximum absolute atomic E-state index is 6.23. The molecule has 2 heterocycles. The molecule has 1 aliphatic heterocycles. The number of nitrogens with zero attached hydrogens (tertiary/aromatic N) is 2. The Balaban J connectivity index is 1.87. The van der Waals surface area contributed by atoms with Crippen molar-refractivity contribution in [2.45, 2.75) is 12.0 Å². The molecule has 0 amide bonds. The molecule has 0 bridgehead atoms. The summed E-state index contributed by atoms with van der Waals surface area (Å²) in [5.74, 6) is 2.65. The fourth-order valence-electron chi connectivity index (χ4n) is 3.70. The van der Waals surface area contributed by atoms with Crippen molar-refractivity contribution in [2.24, 2.45) is 0 Å². The number of rotatable bonds is 6. The van der Waals surface area contributed by atoms with Gasteiger partial charge in [-0.15, -0.1) is 0 Å². The van der Waals surface area contributed by atoms with Gasteiger partial charge in [0.2, 0.25) is 16.9 Å². The van der Waals surface area contributed by atoms with E-state index >= 15 is 0 Å². The first-order chi connectivity index (χ1) is 14.6. The average Bonchev–Trinajstić information content (AvgIpc) is 3.16. The summed E-state index contributed by atoms with van der Waals surface area (Å²) in [5, 5.41) is 0.132. The number of hydrogen-bond donors (Lipinski definition) is 0. The smallest absolute Gasteiger partial charge is 0.225 e. The lowest BCUT2D eigenvalue weighted by atomic mass is 9.86. The largest absolute Gasteiger partial charge is 0.497 e. The molecule has 2 atom stereocenters. The molecule has 1 aromatic heterocycles. The van der Waals surface area contributed by atoms with Crippen molar-refractivity contribution in [3.63, 3.8) is 0 Å². The van der Waals surface area contributed by atoms with E-state index in [4.69, 9.17) is 35.3 Å². The van der Waals surface area contributed by atoms with E-state index in [0.29, 0.717) is 23.1 Å². The van der Waals surface area contributed by atoms with Crippen molar-refractivity contribution in [1.29, 1.82) is 0 Å². The molecule has 2 unspecified atom stereocenters. The van der Waals surface area contributed by atoms with Crippen LogP contribution in [-0.2, 0) is 0 Å². The monoisotopic (exact) mass is 428 g/mol. The second-order valence-corrected chi connectivity index (χ2v) is 6.99. The first-order valence-corrected chi connectivity index (χ1v) is 9.60. The maximum atomic E-state index is 6.23.